The van der Waals surface area contributed by atoms with Crippen LogP contribution >= 0.6 is 11.6 Å². The van der Waals surface area contributed by atoms with Gasteiger partial charge in [0.15, 0.2) is 0 Å². The molecule has 3 aromatic carbocycles. The smallest absolute Gasteiger partial charge is 0.0409 e. The Balaban J connectivity index is 2.20. The summed E-state index contributed by atoms with van der Waals surface area (Å²) in [6.07, 6.45) is 0. The standard InChI is InChI=1S/C19H15Cl/c1-19(2)16-10-7-12-5-3-4-6-14(12)18(16)15-9-8-13(20)11-17(15)19/h3-11H,1-2H3. The average Bonchev–Trinajstić information content (AvgIpc) is 2.68. The maximum Gasteiger partial charge on any atom is 0.0409 e. The molecule has 0 nitrogen and oxygen atoms in total. The fourth-order valence-corrected chi connectivity index (χ4v) is 3.65. The van der Waals surface area contributed by atoms with E-state index in [2.05, 4.69) is 62.4 Å². The second-order valence-electron chi connectivity index (χ2n) is 6.02. The summed E-state index contributed by atoms with van der Waals surface area (Å²) in [5.41, 5.74) is 5.44. The maximum absolute atomic E-state index is 6.21. The molecule has 1 heteroatoms. The van der Waals surface area contributed by atoms with Gasteiger partial charge in [-0.1, -0.05) is 67.9 Å². The summed E-state index contributed by atoms with van der Waals surface area (Å²) in [5.74, 6) is 0. The van der Waals surface area contributed by atoms with E-state index in [0.717, 1.165) is 5.02 Å². The van der Waals surface area contributed by atoms with Gasteiger partial charge in [0.1, 0.15) is 0 Å². The molecule has 0 saturated heterocycles. The molecule has 4 rings (SSSR count). The molecule has 98 valence electrons. The van der Waals surface area contributed by atoms with Crippen molar-refractivity contribution in [2.24, 2.45) is 0 Å². The van der Waals surface area contributed by atoms with Gasteiger partial charge in [-0.3, -0.25) is 0 Å². The SMILES string of the molecule is CC1(C)c2cc(Cl)ccc2-c2c1ccc1ccccc21. The van der Waals surface area contributed by atoms with E-state index in [4.69, 9.17) is 11.6 Å². The van der Waals surface area contributed by atoms with Crippen molar-refractivity contribution in [1.29, 1.82) is 0 Å². The molecule has 0 saturated carbocycles. The van der Waals surface area contributed by atoms with Gasteiger partial charge in [0, 0.05) is 10.4 Å². The Morgan fingerprint density at radius 3 is 2.50 bits per heavy atom. The van der Waals surface area contributed by atoms with Crippen molar-refractivity contribution in [2.45, 2.75) is 19.3 Å². The molecule has 0 bridgehead atoms. The van der Waals surface area contributed by atoms with Gasteiger partial charge < -0.3 is 0 Å². The summed E-state index contributed by atoms with van der Waals surface area (Å²) >= 11 is 6.21. The molecule has 20 heavy (non-hydrogen) atoms. The van der Waals surface area contributed by atoms with E-state index in [9.17, 15) is 0 Å². The lowest BCUT2D eigenvalue weighted by Crippen LogP contribution is -2.14. The van der Waals surface area contributed by atoms with Crippen LogP contribution in [0.15, 0.2) is 54.6 Å². The summed E-state index contributed by atoms with van der Waals surface area (Å²) < 4.78 is 0. The lowest BCUT2D eigenvalue weighted by atomic mass is 9.82. The second-order valence-corrected chi connectivity index (χ2v) is 6.46. The fourth-order valence-electron chi connectivity index (χ4n) is 3.48. The molecule has 0 unspecified atom stereocenters. The van der Waals surface area contributed by atoms with E-state index in [-0.39, 0.29) is 5.41 Å². The van der Waals surface area contributed by atoms with E-state index in [1.54, 1.807) is 0 Å². The quantitative estimate of drug-likeness (QED) is 0.487. The van der Waals surface area contributed by atoms with Crippen LogP contribution in [0.1, 0.15) is 25.0 Å². The third-order valence-corrected chi connectivity index (χ3v) is 4.76. The number of halogens is 1. The van der Waals surface area contributed by atoms with Crippen molar-refractivity contribution in [3.8, 4) is 11.1 Å². The van der Waals surface area contributed by atoms with E-state index < -0.39 is 0 Å². The Bertz CT molecular complexity index is 844. The van der Waals surface area contributed by atoms with Crippen molar-refractivity contribution < 1.29 is 0 Å². The molecule has 0 spiro atoms. The van der Waals surface area contributed by atoms with Crippen molar-refractivity contribution in [1.82, 2.24) is 0 Å². The van der Waals surface area contributed by atoms with Gasteiger partial charge in [-0.15, -0.1) is 0 Å². The molecule has 0 aromatic heterocycles. The Morgan fingerprint density at radius 2 is 1.65 bits per heavy atom. The molecule has 0 N–H and O–H groups in total. The van der Waals surface area contributed by atoms with Gasteiger partial charge in [0.25, 0.3) is 0 Å². The average molecular weight is 279 g/mol. The molecule has 0 aliphatic heterocycles. The van der Waals surface area contributed by atoms with Crippen LogP contribution in [0.3, 0.4) is 0 Å². The third-order valence-electron chi connectivity index (χ3n) is 4.53. The van der Waals surface area contributed by atoms with Gasteiger partial charge in [-0.05, 0) is 45.2 Å². The minimum absolute atomic E-state index is 0.0135. The van der Waals surface area contributed by atoms with Crippen LogP contribution in [-0.2, 0) is 5.41 Å². The highest BCUT2D eigenvalue weighted by Crippen LogP contribution is 2.51. The Hall–Kier alpha value is -1.79. The molecular weight excluding hydrogens is 264 g/mol. The van der Waals surface area contributed by atoms with Gasteiger partial charge in [-0.25, -0.2) is 0 Å². The van der Waals surface area contributed by atoms with Crippen LogP contribution in [-0.4, -0.2) is 0 Å². The number of hydrogen-bond acceptors (Lipinski definition) is 0. The molecule has 0 heterocycles. The number of rotatable bonds is 0. The van der Waals surface area contributed by atoms with Crippen LogP contribution < -0.4 is 0 Å². The largest absolute Gasteiger partial charge is 0.0843 e. The molecule has 0 radical (unpaired) electrons. The zero-order valence-electron chi connectivity index (χ0n) is 11.6. The number of fused-ring (bicyclic) bond motifs is 5. The van der Waals surface area contributed by atoms with E-state index in [1.165, 1.54) is 33.0 Å². The van der Waals surface area contributed by atoms with E-state index in [1.807, 2.05) is 6.07 Å². The fraction of sp³-hybridized carbons (Fsp3) is 0.158. The monoisotopic (exact) mass is 278 g/mol. The highest BCUT2D eigenvalue weighted by molar-refractivity contribution is 6.30. The van der Waals surface area contributed by atoms with Crippen molar-refractivity contribution >= 4 is 22.4 Å². The van der Waals surface area contributed by atoms with Crippen LogP contribution in [0.4, 0.5) is 0 Å². The first-order valence-electron chi connectivity index (χ1n) is 6.92. The van der Waals surface area contributed by atoms with Crippen molar-refractivity contribution in [3.63, 3.8) is 0 Å². The summed E-state index contributed by atoms with van der Waals surface area (Å²) in [6, 6.07) is 19.4. The minimum atomic E-state index is 0.0135. The molecule has 3 aromatic rings. The molecule has 1 aliphatic rings. The van der Waals surface area contributed by atoms with Gasteiger partial charge >= 0.3 is 0 Å². The maximum atomic E-state index is 6.21. The summed E-state index contributed by atoms with van der Waals surface area (Å²) in [4.78, 5) is 0. The van der Waals surface area contributed by atoms with Gasteiger partial charge in [0.05, 0.1) is 0 Å². The van der Waals surface area contributed by atoms with E-state index >= 15 is 0 Å². The van der Waals surface area contributed by atoms with Crippen LogP contribution in [0.2, 0.25) is 5.02 Å². The number of hydrogen-bond donors (Lipinski definition) is 0. The minimum Gasteiger partial charge on any atom is -0.0843 e. The zero-order chi connectivity index (χ0) is 13.9. The van der Waals surface area contributed by atoms with Gasteiger partial charge in [-0.2, -0.15) is 0 Å². The van der Waals surface area contributed by atoms with Gasteiger partial charge in [0.2, 0.25) is 0 Å². The van der Waals surface area contributed by atoms with Crippen LogP contribution in [0, 0.1) is 0 Å². The zero-order valence-corrected chi connectivity index (χ0v) is 12.3. The molecular formula is C19H15Cl. The predicted octanol–water partition coefficient (Wildman–Crippen LogP) is 5.80. The first-order valence-corrected chi connectivity index (χ1v) is 7.29. The second kappa shape index (κ2) is 3.86. The lowest BCUT2D eigenvalue weighted by Gasteiger charge is -2.21. The molecule has 1 aliphatic carbocycles. The summed E-state index contributed by atoms with van der Waals surface area (Å²) in [5, 5.41) is 3.44. The Morgan fingerprint density at radius 1 is 0.850 bits per heavy atom. The molecule has 0 atom stereocenters. The molecule has 0 amide bonds. The predicted molar refractivity (Wildman–Crippen MR) is 86.5 cm³/mol. The number of benzene rings is 3. The third kappa shape index (κ3) is 1.43. The van der Waals surface area contributed by atoms with Crippen molar-refractivity contribution in [2.75, 3.05) is 0 Å². The topological polar surface area (TPSA) is 0 Å². The van der Waals surface area contributed by atoms with Crippen LogP contribution in [0.25, 0.3) is 21.9 Å². The normalized spacial score (nSPS) is 15.2. The first kappa shape index (κ1) is 12.0. The highest BCUT2D eigenvalue weighted by Gasteiger charge is 2.36. The van der Waals surface area contributed by atoms with Crippen molar-refractivity contribution in [3.05, 3.63) is 70.7 Å². The lowest BCUT2D eigenvalue weighted by molar-refractivity contribution is 0.661. The van der Waals surface area contributed by atoms with E-state index in [0.29, 0.717) is 0 Å². The Kier molecular flexibility index (Phi) is 2.32. The molecule has 0 fully saturated rings. The summed E-state index contributed by atoms with van der Waals surface area (Å²) in [6.45, 7) is 4.56. The Labute approximate surface area is 124 Å². The first-order chi connectivity index (χ1) is 9.59. The summed E-state index contributed by atoms with van der Waals surface area (Å²) in [7, 11) is 0. The highest BCUT2D eigenvalue weighted by atomic mass is 35.5. The van der Waals surface area contributed by atoms with Crippen LogP contribution in [0.5, 0.6) is 0 Å².